The number of aliphatic hydroxyl groups excluding tert-OH is 1. The molecule has 1 aliphatic heterocycles. The maximum Gasteiger partial charge on any atom is 0.319 e. The Hall–Kier alpha value is -3.82. The number of anilines is 1. The number of nitrogens with one attached hydrogen (secondary N) is 3. The molecular formula is C33H40N4O4S. The Morgan fingerprint density at radius 2 is 1.55 bits per heavy atom. The largest absolute Gasteiger partial charge is 0.381 e. The lowest BCUT2D eigenvalue weighted by Gasteiger charge is -2.33. The van der Waals surface area contributed by atoms with Crippen molar-refractivity contribution in [1.29, 1.82) is 0 Å². The first-order valence-corrected chi connectivity index (χ1v) is 15.1. The standard InChI is InChI=1S/C33H40N4O4S/c1-21-12-9-10-17-25(21)19-34-30(39)29-33(4,5)42-20-37(29)31(40)28(38)26(18-24-15-7-6-8-16-24)35-32(41)36-27-22(2)13-11-14-23(27)3/h6-17,26,28-29,38H,18-20H2,1-5H3,(H,34,39)(H2,35,36,41). The number of hydrogen-bond donors (Lipinski definition) is 4. The first-order valence-electron chi connectivity index (χ1n) is 14.1. The number of carbonyl (C=O) groups is 3. The summed E-state index contributed by atoms with van der Waals surface area (Å²) in [6.45, 7) is 9.97. The summed E-state index contributed by atoms with van der Waals surface area (Å²) in [7, 11) is 0. The number of aryl methyl sites for hydroxylation is 3. The van der Waals surface area contributed by atoms with Crippen LogP contribution in [0.5, 0.6) is 0 Å². The molecule has 1 fully saturated rings. The highest BCUT2D eigenvalue weighted by atomic mass is 32.2. The topological polar surface area (TPSA) is 111 Å². The molecule has 0 saturated carbocycles. The number of rotatable bonds is 9. The van der Waals surface area contributed by atoms with Gasteiger partial charge in [-0.3, -0.25) is 9.59 Å². The molecule has 0 radical (unpaired) electrons. The number of para-hydroxylation sites is 1. The van der Waals surface area contributed by atoms with Crippen LogP contribution in [-0.2, 0) is 22.6 Å². The third-order valence-corrected chi connectivity index (χ3v) is 9.13. The van der Waals surface area contributed by atoms with Gasteiger partial charge in [-0.05, 0) is 68.9 Å². The second kappa shape index (κ2) is 13.4. The van der Waals surface area contributed by atoms with Gasteiger partial charge in [-0.2, -0.15) is 0 Å². The lowest BCUT2D eigenvalue weighted by atomic mass is 9.97. The fraction of sp³-hybridized carbons (Fsp3) is 0.364. The van der Waals surface area contributed by atoms with E-state index in [1.807, 2.05) is 107 Å². The van der Waals surface area contributed by atoms with Crippen molar-refractivity contribution in [1.82, 2.24) is 15.5 Å². The van der Waals surface area contributed by atoms with Crippen molar-refractivity contribution in [2.24, 2.45) is 0 Å². The van der Waals surface area contributed by atoms with Crippen molar-refractivity contribution in [3.8, 4) is 0 Å². The molecule has 3 atom stereocenters. The molecule has 0 spiro atoms. The summed E-state index contributed by atoms with van der Waals surface area (Å²) in [4.78, 5) is 42.0. The average Bonchev–Trinajstić information content (AvgIpc) is 3.28. The molecule has 4 amide bonds. The Balaban J connectivity index is 1.53. The van der Waals surface area contributed by atoms with E-state index in [2.05, 4.69) is 16.0 Å². The Labute approximate surface area is 252 Å². The van der Waals surface area contributed by atoms with Crippen molar-refractivity contribution >= 4 is 35.3 Å². The molecule has 42 heavy (non-hydrogen) atoms. The van der Waals surface area contributed by atoms with Crippen LogP contribution in [0.3, 0.4) is 0 Å². The molecule has 4 N–H and O–H groups in total. The van der Waals surface area contributed by atoms with Crippen LogP contribution in [-0.4, -0.2) is 56.7 Å². The summed E-state index contributed by atoms with van der Waals surface area (Å²) in [6.07, 6.45) is -1.35. The van der Waals surface area contributed by atoms with Gasteiger partial charge >= 0.3 is 6.03 Å². The number of benzene rings is 3. The number of nitrogens with zero attached hydrogens (tertiary/aromatic N) is 1. The zero-order chi connectivity index (χ0) is 30.4. The predicted molar refractivity (Wildman–Crippen MR) is 168 cm³/mol. The van der Waals surface area contributed by atoms with Gasteiger partial charge in [-0.15, -0.1) is 11.8 Å². The molecule has 3 aromatic rings. The van der Waals surface area contributed by atoms with E-state index in [1.54, 1.807) is 0 Å². The molecule has 9 heteroatoms. The van der Waals surface area contributed by atoms with Crippen LogP contribution in [0.15, 0.2) is 72.8 Å². The summed E-state index contributed by atoms with van der Waals surface area (Å²) in [5.74, 6) is -0.635. The van der Waals surface area contributed by atoms with E-state index in [9.17, 15) is 19.5 Å². The molecule has 0 bridgehead atoms. The molecule has 4 rings (SSSR count). The number of urea groups is 1. The van der Waals surface area contributed by atoms with Gasteiger partial charge in [0.1, 0.15) is 6.04 Å². The fourth-order valence-corrected chi connectivity index (χ4v) is 6.42. The number of amides is 4. The number of thioether (sulfide) groups is 1. The van der Waals surface area contributed by atoms with Gasteiger partial charge in [0, 0.05) is 17.0 Å². The third kappa shape index (κ3) is 7.33. The third-order valence-electron chi connectivity index (χ3n) is 7.76. The van der Waals surface area contributed by atoms with E-state index >= 15 is 0 Å². The van der Waals surface area contributed by atoms with E-state index in [0.29, 0.717) is 12.2 Å². The Morgan fingerprint density at radius 3 is 2.21 bits per heavy atom. The molecule has 1 saturated heterocycles. The summed E-state index contributed by atoms with van der Waals surface area (Å²) in [6, 6.07) is 20.6. The van der Waals surface area contributed by atoms with Crippen LogP contribution in [0.4, 0.5) is 10.5 Å². The lowest BCUT2D eigenvalue weighted by Crippen LogP contribution is -2.59. The van der Waals surface area contributed by atoms with Crippen LogP contribution in [0, 0.1) is 20.8 Å². The first-order chi connectivity index (χ1) is 20.0. The predicted octanol–water partition coefficient (Wildman–Crippen LogP) is 4.70. The molecular weight excluding hydrogens is 548 g/mol. The highest BCUT2D eigenvalue weighted by molar-refractivity contribution is 8.00. The molecule has 1 heterocycles. The van der Waals surface area contributed by atoms with Crippen molar-refractivity contribution in [2.75, 3.05) is 11.2 Å². The summed E-state index contributed by atoms with van der Waals surface area (Å²) >= 11 is 1.48. The van der Waals surface area contributed by atoms with E-state index in [0.717, 1.165) is 27.8 Å². The Morgan fingerprint density at radius 1 is 0.929 bits per heavy atom. The minimum absolute atomic E-state index is 0.225. The lowest BCUT2D eigenvalue weighted by molar-refractivity contribution is -0.147. The van der Waals surface area contributed by atoms with Crippen LogP contribution >= 0.6 is 11.8 Å². The van der Waals surface area contributed by atoms with Gasteiger partial charge in [0.15, 0.2) is 6.10 Å². The van der Waals surface area contributed by atoms with Gasteiger partial charge in [0.25, 0.3) is 5.91 Å². The molecule has 3 unspecified atom stereocenters. The molecule has 3 aromatic carbocycles. The molecule has 1 aliphatic rings. The zero-order valence-electron chi connectivity index (χ0n) is 24.8. The smallest absolute Gasteiger partial charge is 0.319 e. The van der Waals surface area contributed by atoms with Gasteiger partial charge in [-0.1, -0.05) is 72.8 Å². The van der Waals surface area contributed by atoms with Gasteiger partial charge in [0.2, 0.25) is 5.91 Å². The second-order valence-corrected chi connectivity index (χ2v) is 12.9. The number of carbonyl (C=O) groups excluding carboxylic acids is 3. The monoisotopic (exact) mass is 588 g/mol. The maximum absolute atomic E-state index is 13.9. The molecule has 0 aromatic heterocycles. The van der Waals surface area contributed by atoms with E-state index in [1.165, 1.54) is 16.7 Å². The normalized spacial score (nSPS) is 17.3. The van der Waals surface area contributed by atoms with Crippen molar-refractivity contribution in [3.05, 3.63) is 101 Å². The van der Waals surface area contributed by atoms with Crippen molar-refractivity contribution in [2.45, 2.75) is 70.5 Å². The first kappa shape index (κ1) is 31.1. The quantitative estimate of drug-likeness (QED) is 0.290. The minimum atomic E-state index is -1.57. The van der Waals surface area contributed by atoms with Gasteiger partial charge < -0.3 is 26.0 Å². The van der Waals surface area contributed by atoms with E-state index in [4.69, 9.17) is 0 Å². The highest BCUT2D eigenvalue weighted by Crippen LogP contribution is 2.40. The summed E-state index contributed by atoms with van der Waals surface area (Å²) in [5.41, 5.74) is 5.39. The van der Waals surface area contributed by atoms with Crippen molar-refractivity contribution < 1.29 is 19.5 Å². The van der Waals surface area contributed by atoms with Crippen LogP contribution < -0.4 is 16.0 Å². The van der Waals surface area contributed by atoms with Gasteiger partial charge in [-0.25, -0.2) is 4.79 Å². The maximum atomic E-state index is 13.9. The zero-order valence-corrected chi connectivity index (χ0v) is 25.6. The highest BCUT2D eigenvalue weighted by Gasteiger charge is 2.49. The fourth-order valence-electron chi connectivity index (χ4n) is 5.28. The number of aliphatic hydroxyl groups is 1. The van der Waals surface area contributed by atoms with E-state index in [-0.39, 0.29) is 18.2 Å². The van der Waals surface area contributed by atoms with Crippen LogP contribution in [0.25, 0.3) is 0 Å². The second-order valence-electron chi connectivity index (χ2n) is 11.3. The Kier molecular flexibility index (Phi) is 9.96. The average molecular weight is 589 g/mol. The van der Waals surface area contributed by atoms with Crippen LogP contribution in [0.2, 0.25) is 0 Å². The molecule has 0 aliphatic carbocycles. The Bertz CT molecular complexity index is 1410. The minimum Gasteiger partial charge on any atom is -0.381 e. The van der Waals surface area contributed by atoms with Gasteiger partial charge in [0.05, 0.1) is 11.9 Å². The van der Waals surface area contributed by atoms with E-state index < -0.39 is 34.9 Å². The SMILES string of the molecule is Cc1ccccc1CNC(=O)C1N(C(=O)C(O)C(Cc2ccccc2)NC(=O)Nc2c(C)cccc2C)CSC1(C)C. The van der Waals surface area contributed by atoms with Crippen molar-refractivity contribution in [3.63, 3.8) is 0 Å². The summed E-state index contributed by atoms with van der Waals surface area (Å²) < 4.78 is -0.576. The molecule has 8 nitrogen and oxygen atoms in total. The summed E-state index contributed by atoms with van der Waals surface area (Å²) in [5, 5.41) is 20.2. The van der Waals surface area contributed by atoms with Crippen LogP contribution in [0.1, 0.15) is 41.7 Å². The number of hydrogen-bond acceptors (Lipinski definition) is 5. The molecule has 222 valence electrons.